The molecular weight excluding hydrogens is 200 g/mol. The molecule has 2 rings (SSSR count). The first-order valence-electron chi connectivity index (χ1n) is 5.38. The van der Waals surface area contributed by atoms with Crippen LogP contribution in [0.4, 0.5) is 0 Å². The van der Waals surface area contributed by atoms with E-state index >= 15 is 0 Å². The van der Waals surface area contributed by atoms with Crippen molar-refractivity contribution in [3.05, 3.63) is 47.3 Å². The Bertz CT molecular complexity index is 462. The molecule has 0 unspecified atom stereocenters. The molecule has 4 heteroatoms. The first-order valence-corrected chi connectivity index (χ1v) is 5.38. The molecule has 0 fully saturated rings. The van der Waals surface area contributed by atoms with Gasteiger partial charge in [-0.3, -0.25) is 4.98 Å². The number of hydrogen-bond donors (Lipinski definition) is 2. The van der Waals surface area contributed by atoms with Crippen LogP contribution < -0.4 is 5.32 Å². The SMILES string of the molecule is Cc1cccc(CNCc2nc[nH]c2C)n1. The van der Waals surface area contributed by atoms with Crippen LogP contribution in [0.1, 0.15) is 22.8 Å². The molecule has 2 N–H and O–H groups in total. The zero-order chi connectivity index (χ0) is 11.4. The number of H-pyrrole nitrogens is 1. The van der Waals surface area contributed by atoms with E-state index in [1.54, 1.807) is 6.33 Å². The minimum absolute atomic E-state index is 0.769. The van der Waals surface area contributed by atoms with E-state index in [0.717, 1.165) is 35.9 Å². The lowest BCUT2D eigenvalue weighted by molar-refractivity contribution is 0.665. The van der Waals surface area contributed by atoms with Gasteiger partial charge in [-0.25, -0.2) is 4.98 Å². The third kappa shape index (κ3) is 2.67. The molecule has 0 aliphatic rings. The fourth-order valence-corrected chi connectivity index (χ4v) is 1.57. The first-order chi connectivity index (χ1) is 7.75. The molecule has 0 atom stereocenters. The molecule has 0 radical (unpaired) electrons. The Morgan fingerprint density at radius 1 is 1.25 bits per heavy atom. The molecule has 0 aliphatic heterocycles. The average molecular weight is 216 g/mol. The summed E-state index contributed by atoms with van der Waals surface area (Å²) in [6, 6.07) is 6.05. The highest BCUT2D eigenvalue weighted by Gasteiger charge is 2.00. The van der Waals surface area contributed by atoms with Crippen molar-refractivity contribution in [2.45, 2.75) is 26.9 Å². The first kappa shape index (κ1) is 10.8. The Balaban J connectivity index is 1.87. The van der Waals surface area contributed by atoms with E-state index in [2.05, 4.69) is 20.3 Å². The summed E-state index contributed by atoms with van der Waals surface area (Å²) >= 11 is 0. The van der Waals surface area contributed by atoms with E-state index in [0.29, 0.717) is 0 Å². The Morgan fingerprint density at radius 3 is 2.81 bits per heavy atom. The molecule has 0 spiro atoms. The summed E-state index contributed by atoms with van der Waals surface area (Å²) in [4.78, 5) is 11.7. The Labute approximate surface area is 95.1 Å². The van der Waals surface area contributed by atoms with Gasteiger partial charge < -0.3 is 10.3 Å². The van der Waals surface area contributed by atoms with Crippen molar-refractivity contribution in [2.75, 3.05) is 0 Å². The molecular formula is C12H16N4. The van der Waals surface area contributed by atoms with Crippen LogP contribution in [0.15, 0.2) is 24.5 Å². The molecule has 84 valence electrons. The molecule has 0 aliphatic carbocycles. The fraction of sp³-hybridized carbons (Fsp3) is 0.333. The second-order valence-corrected chi connectivity index (χ2v) is 3.85. The van der Waals surface area contributed by atoms with E-state index in [1.807, 2.05) is 32.0 Å². The normalized spacial score (nSPS) is 10.6. The van der Waals surface area contributed by atoms with Crippen LogP contribution in [0.2, 0.25) is 0 Å². The summed E-state index contributed by atoms with van der Waals surface area (Å²) in [6.45, 7) is 5.56. The number of aryl methyl sites for hydroxylation is 2. The standard InChI is InChI=1S/C12H16N4/c1-9-4-3-5-11(16-9)6-13-7-12-10(2)14-8-15-12/h3-5,8,13H,6-7H2,1-2H3,(H,14,15). The van der Waals surface area contributed by atoms with Crippen molar-refractivity contribution in [3.63, 3.8) is 0 Å². The number of rotatable bonds is 4. The maximum atomic E-state index is 4.42. The van der Waals surface area contributed by atoms with Crippen molar-refractivity contribution in [1.29, 1.82) is 0 Å². The maximum absolute atomic E-state index is 4.42. The number of pyridine rings is 1. The lowest BCUT2D eigenvalue weighted by Crippen LogP contribution is -2.14. The van der Waals surface area contributed by atoms with Gasteiger partial charge in [0.1, 0.15) is 0 Å². The summed E-state index contributed by atoms with van der Waals surface area (Å²) in [6.07, 6.45) is 1.72. The van der Waals surface area contributed by atoms with Crippen molar-refractivity contribution in [1.82, 2.24) is 20.3 Å². The van der Waals surface area contributed by atoms with Gasteiger partial charge >= 0.3 is 0 Å². The molecule has 2 aromatic heterocycles. The largest absolute Gasteiger partial charge is 0.348 e. The van der Waals surface area contributed by atoms with Gasteiger partial charge in [0.15, 0.2) is 0 Å². The monoisotopic (exact) mass is 216 g/mol. The summed E-state index contributed by atoms with van der Waals surface area (Å²) in [5.41, 5.74) is 4.29. The average Bonchev–Trinajstić information content (AvgIpc) is 2.65. The van der Waals surface area contributed by atoms with E-state index in [4.69, 9.17) is 0 Å². The lowest BCUT2D eigenvalue weighted by Gasteiger charge is -2.03. The zero-order valence-electron chi connectivity index (χ0n) is 9.62. The maximum Gasteiger partial charge on any atom is 0.0925 e. The highest BCUT2D eigenvalue weighted by molar-refractivity contribution is 5.11. The second kappa shape index (κ2) is 4.90. The van der Waals surface area contributed by atoms with Crippen LogP contribution >= 0.6 is 0 Å². The molecule has 0 saturated carbocycles. The predicted octanol–water partition coefficient (Wildman–Crippen LogP) is 1.71. The smallest absolute Gasteiger partial charge is 0.0925 e. The predicted molar refractivity (Wildman–Crippen MR) is 62.8 cm³/mol. The number of nitrogens with zero attached hydrogens (tertiary/aromatic N) is 2. The minimum Gasteiger partial charge on any atom is -0.348 e. The summed E-state index contributed by atoms with van der Waals surface area (Å²) in [7, 11) is 0. The lowest BCUT2D eigenvalue weighted by atomic mass is 10.3. The molecule has 4 nitrogen and oxygen atoms in total. The highest BCUT2D eigenvalue weighted by Crippen LogP contribution is 2.01. The molecule has 0 aromatic carbocycles. The third-order valence-corrected chi connectivity index (χ3v) is 2.48. The van der Waals surface area contributed by atoms with Gasteiger partial charge in [-0.2, -0.15) is 0 Å². The number of aromatic amines is 1. The molecule has 0 amide bonds. The van der Waals surface area contributed by atoms with Gasteiger partial charge in [-0.05, 0) is 26.0 Å². The molecule has 0 saturated heterocycles. The zero-order valence-corrected chi connectivity index (χ0v) is 9.62. The second-order valence-electron chi connectivity index (χ2n) is 3.85. The van der Waals surface area contributed by atoms with Crippen LogP contribution in [0.25, 0.3) is 0 Å². The van der Waals surface area contributed by atoms with Crippen molar-refractivity contribution in [3.8, 4) is 0 Å². The van der Waals surface area contributed by atoms with E-state index < -0.39 is 0 Å². The van der Waals surface area contributed by atoms with Crippen LogP contribution in [0.5, 0.6) is 0 Å². The number of aromatic nitrogens is 3. The van der Waals surface area contributed by atoms with Crippen LogP contribution in [-0.2, 0) is 13.1 Å². The van der Waals surface area contributed by atoms with Gasteiger partial charge in [0.05, 0.1) is 17.7 Å². The van der Waals surface area contributed by atoms with Gasteiger partial charge in [-0.1, -0.05) is 6.07 Å². The van der Waals surface area contributed by atoms with Crippen molar-refractivity contribution in [2.24, 2.45) is 0 Å². The Morgan fingerprint density at radius 2 is 2.12 bits per heavy atom. The van der Waals surface area contributed by atoms with Crippen molar-refractivity contribution >= 4 is 0 Å². The molecule has 2 heterocycles. The van der Waals surface area contributed by atoms with Crippen LogP contribution in [0.3, 0.4) is 0 Å². The van der Waals surface area contributed by atoms with Gasteiger partial charge in [0.2, 0.25) is 0 Å². The van der Waals surface area contributed by atoms with Crippen LogP contribution in [0, 0.1) is 13.8 Å². The molecule has 2 aromatic rings. The van der Waals surface area contributed by atoms with Gasteiger partial charge in [-0.15, -0.1) is 0 Å². The summed E-state index contributed by atoms with van der Waals surface area (Å²) in [5.74, 6) is 0. The van der Waals surface area contributed by atoms with E-state index in [9.17, 15) is 0 Å². The number of hydrogen-bond acceptors (Lipinski definition) is 3. The van der Waals surface area contributed by atoms with Gasteiger partial charge in [0.25, 0.3) is 0 Å². The Kier molecular flexibility index (Phi) is 3.31. The number of nitrogens with one attached hydrogen (secondary N) is 2. The molecule has 16 heavy (non-hydrogen) atoms. The van der Waals surface area contributed by atoms with Crippen LogP contribution in [-0.4, -0.2) is 15.0 Å². The summed E-state index contributed by atoms with van der Waals surface area (Å²) in [5, 5.41) is 3.33. The quantitative estimate of drug-likeness (QED) is 0.818. The fourth-order valence-electron chi connectivity index (χ4n) is 1.57. The van der Waals surface area contributed by atoms with Gasteiger partial charge in [0, 0.05) is 24.5 Å². The topological polar surface area (TPSA) is 53.6 Å². The highest BCUT2D eigenvalue weighted by atomic mass is 15.0. The minimum atomic E-state index is 0.769. The van der Waals surface area contributed by atoms with E-state index in [-0.39, 0.29) is 0 Å². The number of imidazole rings is 1. The molecule has 0 bridgehead atoms. The van der Waals surface area contributed by atoms with E-state index in [1.165, 1.54) is 0 Å². The Hall–Kier alpha value is -1.68. The summed E-state index contributed by atoms with van der Waals surface area (Å²) < 4.78 is 0. The third-order valence-electron chi connectivity index (χ3n) is 2.48. The van der Waals surface area contributed by atoms with Crippen molar-refractivity contribution < 1.29 is 0 Å².